The predicted octanol–water partition coefficient (Wildman–Crippen LogP) is 2.04. The highest BCUT2D eigenvalue weighted by Crippen LogP contribution is 2.29. The van der Waals surface area contributed by atoms with Gasteiger partial charge in [0.25, 0.3) is 0 Å². The van der Waals surface area contributed by atoms with Gasteiger partial charge < -0.3 is 5.11 Å². The summed E-state index contributed by atoms with van der Waals surface area (Å²) in [5, 5.41) is 9.97. The number of aliphatic hydroxyl groups is 1. The molecular weight excluding hydrogens is 286 g/mol. The van der Waals surface area contributed by atoms with Crippen LogP contribution in [0.2, 0.25) is 5.02 Å². The van der Waals surface area contributed by atoms with Crippen LogP contribution in [0.3, 0.4) is 0 Å². The van der Waals surface area contributed by atoms with E-state index in [0.29, 0.717) is 30.1 Å². The highest BCUT2D eigenvalue weighted by molar-refractivity contribution is 7.89. The summed E-state index contributed by atoms with van der Waals surface area (Å²) in [6.07, 6.45) is 0.205. The number of halogens is 1. The Balaban J connectivity index is 2.31. The maximum Gasteiger partial charge on any atom is 0.243 e. The average molecular weight is 304 g/mol. The van der Waals surface area contributed by atoms with Crippen molar-refractivity contribution in [3.63, 3.8) is 0 Å². The van der Waals surface area contributed by atoms with Gasteiger partial charge in [-0.2, -0.15) is 4.31 Å². The molecule has 1 aromatic carbocycles. The van der Waals surface area contributed by atoms with Gasteiger partial charge in [-0.1, -0.05) is 17.7 Å². The third-order valence-corrected chi connectivity index (χ3v) is 5.88. The monoisotopic (exact) mass is 303 g/mol. The minimum atomic E-state index is -3.52. The van der Waals surface area contributed by atoms with E-state index in [2.05, 4.69) is 0 Å². The lowest BCUT2D eigenvalue weighted by atomic mass is 10.0. The fourth-order valence-corrected chi connectivity index (χ4v) is 4.36. The molecule has 0 amide bonds. The first-order chi connectivity index (χ1) is 8.82. The van der Waals surface area contributed by atoms with Crippen LogP contribution in [0.15, 0.2) is 23.1 Å². The lowest BCUT2D eigenvalue weighted by molar-refractivity contribution is 0.133. The summed E-state index contributed by atoms with van der Waals surface area (Å²) in [6.45, 7) is 4.27. The molecule has 1 aliphatic rings. The molecule has 1 aromatic rings. The summed E-state index contributed by atoms with van der Waals surface area (Å²) in [5.41, 5.74) is 0.685. The minimum Gasteiger partial charge on any atom is -0.393 e. The number of aryl methyl sites for hydroxylation is 1. The number of hydrogen-bond donors (Lipinski definition) is 1. The Bertz CT molecular complexity index is 571. The van der Waals surface area contributed by atoms with E-state index in [1.54, 1.807) is 26.0 Å². The highest BCUT2D eigenvalue weighted by Gasteiger charge is 2.35. The Hall–Kier alpha value is -0.620. The van der Waals surface area contributed by atoms with E-state index in [4.69, 9.17) is 11.6 Å². The number of hydrogen-bond acceptors (Lipinski definition) is 3. The van der Waals surface area contributed by atoms with Gasteiger partial charge in [0.1, 0.15) is 0 Å². The molecule has 4 nitrogen and oxygen atoms in total. The molecule has 106 valence electrons. The second-order valence-corrected chi connectivity index (χ2v) is 7.41. The molecule has 1 aliphatic heterocycles. The minimum absolute atomic E-state index is 0.00858. The fourth-order valence-electron chi connectivity index (χ4n) is 2.36. The molecule has 0 bridgehead atoms. The summed E-state index contributed by atoms with van der Waals surface area (Å²) in [7, 11) is -3.52. The van der Waals surface area contributed by atoms with E-state index in [0.717, 1.165) is 0 Å². The van der Waals surface area contributed by atoms with Gasteiger partial charge >= 0.3 is 0 Å². The van der Waals surface area contributed by atoms with Gasteiger partial charge in [0.2, 0.25) is 10.0 Å². The van der Waals surface area contributed by atoms with Crippen molar-refractivity contribution in [3.05, 3.63) is 28.8 Å². The second kappa shape index (κ2) is 5.40. The second-order valence-electron chi connectivity index (χ2n) is 5.06. The first-order valence-corrected chi connectivity index (χ1v) is 8.08. The molecule has 0 aromatic heterocycles. The van der Waals surface area contributed by atoms with Crippen LogP contribution in [-0.2, 0) is 10.0 Å². The van der Waals surface area contributed by atoms with Crippen LogP contribution in [0.1, 0.15) is 18.9 Å². The van der Waals surface area contributed by atoms with Crippen molar-refractivity contribution in [1.29, 1.82) is 0 Å². The number of aliphatic hydroxyl groups excluding tert-OH is 1. The van der Waals surface area contributed by atoms with Crippen molar-refractivity contribution in [3.8, 4) is 0 Å². The zero-order valence-corrected chi connectivity index (χ0v) is 12.6. The van der Waals surface area contributed by atoms with Crippen LogP contribution in [0.25, 0.3) is 0 Å². The number of rotatable bonds is 3. The van der Waals surface area contributed by atoms with E-state index < -0.39 is 16.1 Å². The van der Waals surface area contributed by atoms with Gasteiger partial charge in [0.05, 0.1) is 11.0 Å². The van der Waals surface area contributed by atoms with Crippen LogP contribution >= 0.6 is 11.6 Å². The molecule has 1 heterocycles. The third-order valence-electron chi connectivity index (χ3n) is 3.64. The molecule has 2 unspecified atom stereocenters. The number of nitrogens with zero attached hydrogens (tertiary/aromatic N) is 1. The summed E-state index contributed by atoms with van der Waals surface area (Å²) < 4.78 is 26.6. The van der Waals surface area contributed by atoms with Crippen molar-refractivity contribution >= 4 is 21.6 Å². The van der Waals surface area contributed by atoms with E-state index in [1.807, 2.05) is 0 Å². The number of sulfonamides is 1. The lowest BCUT2D eigenvalue weighted by Crippen LogP contribution is -2.31. The predicted molar refractivity (Wildman–Crippen MR) is 74.7 cm³/mol. The first kappa shape index (κ1) is 14.8. The van der Waals surface area contributed by atoms with Crippen molar-refractivity contribution in [2.24, 2.45) is 5.92 Å². The molecule has 0 aliphatic carbocycles. The smallest absolute Gasteiger partial charge is 0.243 e. The Morgan fingerprint density at radius 3 is 2.74 bits per heavy atom. The van der Waals surface area contributed by atoms with Crippen LogP contribution in [0.4, 0.5) is 0 Å². The quantitative estimate of drug-likeness (QED) is 0.929. The maximum absolute atomic E-state index is 12.6. The van der Waals surface area contributed by atoms with Gasteiger partial charge in [-0.3, -0.25) is 0 Å². The fraction of sp³-hybridized carbons (Fsp3) is 0.538. The average Bonchev–Trinajstić information content (AvgIpc) is 2.82. The van der Waals surface area contributed by atoms with Gasteiger partial charge in [-0.15, -0.1) is 0 Å². The lowest BCUT2D eigenvalue weighted by Gasteiger charge is -2.19. The Morgan fingerprint density at radius 2 is 2.16 bits per heavy atom. The molecule has 19 heavy (non-hydrogen) atoms. The molecule has 2 rings (SSSR count). The molecule has 1 N–H and O–H groups in total. The van der Waals surface area contributed by atoms with Crippen molar-refractivity contribution in [1.82, 2.24) is 4.31 Å². The standard InChI is InChI=1S/C13H18ClNO3S/c1-9-3-4-12(14)7-13(9)19(17,18)15-6-5-11(8-15)10(2)16/h3-4,7,10-11,16H,5-6,8H2,1-2H3. The molecule has 0 radical (unpaired) electrons. The van der Waals surface area contributed by atoms with E-state index >= 15 is 0 Å². The molecule has 1 fully saturated rings. The Morgan fingerprint density at radius 1 is 1.47 bits per heavy atom. The zero-order chi connectivity index (χ0) is 14.2. The van der Waals surface area contributed by atoms with Gasteiger partial charge in [-0.25, -0.2) is 8.42 Å². The molecule has 1 saturated heterocycles. The molecule has 2 atom stereocenters. The number of benzene rings is 1. The summed E-state index contributed by atoms with van der Waals surface area (Å²) in [4.78, 5) is 0.256. The van der Waals surface area contributed by atoms with Gasteiger partial charge in [0, 0.05) is 18.1 Å². The molecule has 0 spiro atoms. The Labute approximate surface area is 119 Å². The zero-order valence-electron chi connectivity index (χ0n) is 11.0. The summed E-state index contributed by atoms with van der Waals surface area (Å²) in [6, 6.07) is 4.87. The highest BCUT2D eigenvalue weighted by atomic mass is 35.5. The van der Waals surface area contributed by atoms with Crippen LogP contribution < -0.4 is 0 Å². The van der Waals surface area contributed by atoms with Crippen molar-refractivity contribution in [2.75, 3.05) is 13.1 Å². The third kappa shape index (κ3) is 2.94. The van der Waals surface area contributed by atoms with E-state index in [1.165, 1.54) is 10.4 Å². The van der Waals surface area contributed by atoms with Crippen molar-refractivity contribution < 1.29 is 13.5 Å². The Kier molecular flexibility index (Phi) is 4.20. The maximum atomic E-state index is 12.6. The van der Waals surface area contributed by atoms with Crippen LogP contribution in [0.5, 0.6) is 0 Å². The summed E-state index contributed by atoms with van der Waals surface area (Å²) >= 11 is 5.89. The van der Waals surface area contributed by atoms with Gasteiger partial charge in [0.15, 0.2) is 0 Å². The van der Waals surface area contributed by atoms with Gasteiger partial charge in [-0.05, 0) is 43.9 Å². The largest absolute Gasteiger partial charge is 0.393 e. The van der Waals surface area contributed by atoms with Crippen LogP contribution in [0, 0.1) is 12.8 Å². The molecular formula is C13H18ClNO3S. The first-order valence-electron chi connectivity index (χ1n) is 6.26. The molecule has 0 saturated carbocycles. The van der Waals surface area contributed by atoms with Crippen molar-refractivity contribution in [2.45, 2.75) is 31.3 Å². The topological polar surface area (TPSA) is 57.6 Å². The SMILES string of the molecule is Cc1ccc(Cl)cc1S(=O)(=O)N1CCC(C(C)O)C1. The van der Waals surface area contributed by atoms with E-state index in [-0.39, 0.29) is 10.8 Å². The molecule has 6 heteroatoms. The summed E-state index contributed by atoms with van der Waals surface area (Å²) in [5.74, 6) is 0.00858. The van der Waals surface area contributed by atoms with E-state index in [9.17, 15) is 13.5 Å². The van der Waals surface area contributed by atoms with Crippen LogP contribution in [-0.4, -0.2) is 37.0 Å². The normalized spacial score (nSPS) is 22.6.